The largest absolute Gasteiger partial charge is 0.481 e. The van der Waals surface area contributed by atoms with Crippen LogP contribution < -0.4 is 4.90 Å². The first-order valence-corrected chi connectivity index (χ1v) is 8.94. The number of piperidine rings is 1. The molecule has 138 valence electrons. The number of hydrogen-bond donors (Lipinski definition) is 1. The number of nitrogens with zero attached hydrogens (tertiary/aromatic N) is 5. The highest BCUT2D eigenvalue weighted by Crippen LogP contribution is 2.32. The maximum atomic E-state index is 11.7. The summed E-state index contributed by atoms with van der Waals surface area (Å²) in [6, 6.07) is 9.87. The lowest BCUT2D eigenvalue weighted by Crippen LogP contribution is -2.42. The molecule has 3 aromatic rings. The Morgan fingerprint density at radius 1 is 1.11 bits per heavy atom. The number of hydrogen-bond acceptors (Lipinski definition) is 5. The molecule has 1 saturated heterocycles. The highest BCUT2D eigenvalue weighted by atomic mass is 16.4. The molecule has 1 aliphatic heterocycles. The molecular formula is C20H21N5O2. The predicted octanol–water partition coefficient (Wildman–Crippen LogP) is 2.57. The van der Waals surface area contributed by atoms with Crippen molar-refractivity contribution in [1.29, 1.82) is 0 Å². The van der Waals surface area contributed by atoms with Crippen molar-refractivity contribution in [1.82, 2.24) is 19.7 Å². The van der Waals surface area contributed by atoms with E-state index in [2.05, 4.69) is 15.1 Å². The minimum atomic E-state index is -0.776. The van der Waals surface area contributed by atoms with Crippen molar-refractivity contribution in [2.24, 2.45) is 13.0 Å². The first-order chi connectivity index (χ1) is 13.1. The lowest BCUT2D eigenvalue weighted by atomic mass is 9.86. The molecule has 0 amide bonds. The van der Waals surface area contributed by atoms with E-state index >= 15 is 0 Å². The maximum absolute atomic E-state index is 11.7. The standard InChI is InChI=1S/C20H21N5O2/c1-24-11-17(8-23-24)15-7-16(20(26)27)13-25(12-15)19-10-21-18(9-22-19)14-5-3-2-4-6-14/h2-6,8-11,15-16H,7,12-13H2,1H3,(H,26,27). The fourth-order valence-electron chi connectivity index (χ4n) is 3.60. The van der Waals surface area contributed by atoms with Crippen LogP contribution in [0, 0.1) is 5.92 Å². The van der Waals surface area contributed by atoms with Gasteiger partial charge in [-0.15, -0.1) is 0 Å². The number of carbonyl (C=O) groups is 1. The van der Waals surface area contributed by atoms with E-state index in [0.29, 0.717) is 25.3 Å². The molecule has 7 heteroatoms. The van der Waals surface area contributed by atoms with Crippen LogP contribution >= 0.6 is 0 Å². The van der Waals surface area contributed by atoms with Crippen molar-refractivity contribution in [3.05, 3.63) is 60.7 Å². The fraction of sp³-hybridized carbons (Fsp3) is 0.300. The summed E-state index contributed by atoms with van der Waals surface area (Å²) >= 11 is 0. The maximum Gasteiger partial charge on any atom is 0.308 e. The number of carboxylic acids is 1. The van der Waals surface area contributed by atoms with Gasteiger partial charge in [0.2, 0.25) is 0 Å². The van der Waals surface area contributed by atoms with Gasteiger partial charge in [-0.2, -0.15) is 5.10 Å². The van der Waals surface area contributed by atoms with Crippen molar-refractivity contribution in [2.45, 2.75) is 12.3 Å². The van der Waals surface area contributed by atoms with Gasteiger partial charge in [-0.05, 0) is 12.0 Å². The summed E-state index contributed by atoms with van der Waals surface area (Å²) in [6.07, 6.45) is 7.85. The summed E-state index contributed by atoms with van der Waals surface area (Å²) in [7, 11) is 1.87. The Labute approximate surface area is 157 Å². The van der Waals surface area contributed by atoms with E-state index in [0.717, 1.165) is 16.8 Å². The summed E-state index contributed by atoms with van der Waals surface area (Å²) in [5.41, 5.74) is 2.86. The molecule has 1 fully saturated rings. The summed E-state index contributed by atoms with van der Waals surface area (Å²) in [6.45, 7) is 1.14. The molecule has 0 bridgehead atoms. The lowest BCUT2D eigenvalue weighted by Gasteiger charge is -2.36. The average molecular weight is 363 g/mol. The first-order valence-electron chi connectivity index (χ1n) is 8.94. The van der Waals surface area contributed by atoms with Gasteiger partial charge in [0.15, 0.2) is 0 Å². The number of carboxylic acid groups (broad SMARTS) is 1. The Balaban J connectivity index is 1.58. The van der Waals surface area contributed by atoms with E-state index in [1.807, 2.05) is 54.7 Å². The molecule has 0 spiro atoms. The van der Waals surface area contributed by atoms with E-state index in [-0.39, 0.29) is 5.92 Å². The van der Waals surface area contributed by atoms with Gasteiger partial charge in [0.25, 0.3) is 0 Å². The third kappa shape index (κ3) is 3.67. The van der Waals surface area contributed by atoms with Crippen LogP contribution in [0.1, 0.15) is 17.9 Å². The summed E-state index contributed by atoms with van der Waals surface area (Å²) < 4.78 is 1.75. The molecule has 1 aromatic carbocycles. The zero-order chi connectivity index (χ0) is 18.8. The summed E-state index contributed by atoms with van der Waals surface area (Å²) in [5.74, 6) is -0.416. The van der Waals surface area contributed by atoms with Gasteiger partial charge in [-0.25, -0.2) is 4.98 Å². The second kappa shape index (κ2) is 7.19. The second-order valence-corrected chi connectivity index (χ2v) is 6.95. The van der Waals surface area contributed by atoms with Crippen molar-refractivity contribution in [3.8, 4) is 11.3 Å². The van der Waals surface area contributed by atoms with Crippen molar-refractivity contribution >= 4 is 11.8 Å². The molecule has 1 aliphatic rings. The van der Waals surface area contributed by atoms with E-state index in [9.17, 15) is 9.90 Å². The fourth-order valence-corrected chi connectivity index (χ4v) is 3.60. The van der Waals surface area contributed by atoms with Crippen molar-refractivity contribution in [3.63, 3.8) is 0 Å². The number of rotatable bonds is 4. The molecule has 7 nitrogen and oxygen atoms in total. The number of anilines is 1. The SMILES string of the molecule is Cn1cc(C2CC(C(=O)O)CN(c3cnc(-c4ccccc4)cn3)C2)cn1. The third-order valence-electron chi connectivity index (χ3n) is 5.03. The normalized spacial score (nSPS) is 19.8. The molecule has 4 rings (SSSR count). The molecule has 27 heavy (non-hydrogen) atoms. The van der Waals surface area contributed by atoms with Gasteiger partial charge in [0, 0.05) is 37.8 Å². The Hall–Kier alpha value is -3.22. The molecule has 3 heterocycles. The van der Waals surface area contributed by atoms with Gasteiger partial charge in [-0.1, -0.05) is 30.3 Å². The topological polar surface area (TPSA) is 84.1 Å². The number of aromatic nitrogens is 4. The van der Waals surface area contributed by atoms with Crippen LogP contribution in [-0.4, -0.2) is 43.9 Å². The highest BCUT2D eigenvalue weighted by molar-refractivity contribution is 5.71. The Morgan fingerprint density at radius 2 is 1.93 bits per heavy atom. The van der Waals surface area contributed by atoms with Crippen LogP contribution in [0.4, 0.5) is 5.82 Å². The van der Waals surface area contributed by atoms with Crippen LogP contribution in [-0.2, 0) is 11.8 Å². The van der Waals surface area contributed by atoms with Crippen LogP contribution in [0.2, 0.25) is 0 Å². The molecule has 1 N–H and O–H groups in total. The molecule has 2 unspecified atom stereocenters. The molecule has 2 aromatic heterocycles. The van der Waals surface area contributed by atoms with E-state index in [1.54, 1.807) is 17.1 Å². The average Bonchev–Trinajstić information content (AvgIpc) is 3.15. The van der Waals surface area contributed by atoms with Gasteiger partial charge >= 0.3 is 5.97 Å². The van der Waals surface area contributed by atoms with Gasteiger partial charge in [0.05, 0.1) is 30.2 Å². The first kappa shape index (κ1) is 17.2. The van der Waals surface area contributed by atoms with Crippen LogP contribution in [0.15, 0.2) is 55.1 Å². The minimum Gasteiger partial charge on any atom is -0.481 e. The molecular weight excluding hydrogens is 342 g/mol. The molecule has 0 aliphatic carbocycles. The van der Waals surface area contributed by atoms with Crippen LogP contribution in [0.5, 0.6) is 0 Å². The smallest absolute Gasteiger partial charge is 0.308 e. The third-order valence-corrected chi connectivity index (χ3v) is 5.03. The van der Waals surface area contributed by atoms with Gasteiger partial charge < -0.3 is 10.0 Å². The van der Waals surface area contributed by atoms with Crippen molar-refractivity contribution in [2.75, 3.05) is 18.0 Å². The quantitative estimate of drug-likeness (QED) is 0.767. The Morgan fingerprint density at radius 3 is 2.56 bits per heavy atom. The number of aliphatic carboxylic acids is 1. The highest BCUT2D eigenvalue weighted by Gasteiger charge is 2.33. The number of benzene rings is 1. The number of aryl methyl sites for hydroxylation is 1. The van der Waals surface area contributed by atoms with E-state index in [4.69, 9.17) is 0 Å². The second-order valence-electron chi connectivity index (χ2n) is 6.95. The van der Waals surface area contributed by atoms with Crippen molar-refractivity contribution < 1.29 is 9.90 Å². The zero-order valence-electron chi connectivity index (χ0n) is 15.1. The minimum absolute atomic E-state index is 0.101. The van der Waals surface area contributed by atoms with Crippen LogP contribution in [0.25, 0.3) is 11.3 Å². The predicted molar refractivity (Wildman–Crippen MR) is 101 cm³/mol. The Bertz CT molecular complexity index is 923. The molecule has 2 atom stereocenters. The lowest BCUT2D eigenvalue weighted by molar-refractivity contribution is -0.142. The summed E-state index contributed by atoms with van der Waals surface area (Å²) in [4.78, 5) is 22.8. The monoisotopic (exact) mass is 363 g/mol. The van der Waals surface area contributed by atoms with Crippen LogP contribution in [0.3, 0.4) is 0 Å². The molecule has 0 radical (unpaired) electrons. The molecule has 0 saturated carbocycles. The Kier molecular flexibility index (Phi) is 4.58. The van der Waals surface area contributed by atoms with Gasteiger partial charge in [0.1, 0.15) is 5.82 Å². The summed E-state index contributed by atoms with van der Waals surface area (Å²) in [5, 5.41) is 13.8. The zero-order valence-corrected chi connectivity index (χ0v) is 15.1. The van der Waals surface area contributed by atoms with E-state index in [1.165, 1.54) is 0 Å². The van der Waals surface area contributed by atoms with Gasteiger partial charge in [-0.3, -0.25) is 14.5 Å². The van der Waals surface area contributed by atoms with E-state index < -0.39 is 11.9 Å².